The summed E-state index contributed by atoms with van der Waals surface area (Å²) in [6, 6.07) is 14.9. The Bertz CT molecular complexity index is 1100. The zero-order valence-corrected chi connectivity index (χ0v) is 20.0. The van der Waals surface area contributed by atoms with Gasteiger partial charge in [-0.2, -0.15) is 8.42 Å². The summed E-state index contributed by atoms with van der Waals surface area (Å²) in [6.45, 7) is 3.42. The maximum Gasteiger partial charge on any atom is 0.264 e. The molecule has 0 fully saturated rings. The third-order valence-corrected chi connectivity index (χ3v) is 7.28. The second-order valence-electron chi connectivity index (χ2n) is 6.87. The van der Waals surface area contributed by atoms with E-state index in [0.29, 0.717) is 5.69 Å². The minimum atomic E-state index is -3.78. The van der Waals surface area contributed by atoms with Crippen LogP contribution in [-0.2, 0) is 29.1 Å². The minimum Gasteiger partial charge on any atom is -0.274 e. The van der Waals surface area contributed by atoms with Crippen LogP contribution in [0.4, 0.5) is 5.69 Å². The summed E-state index contributed by atoms with van der Waals surface area (Å²) in [7, 11) is -7.42. The fourth-order valence-electron chi connectivity index (χ4n) is 2.60. The van der Waals surface area contributed by atoms with Crippen LogP contribution in [0.5, 0.6) is 0 Å². The fourth-order valence-corrected chi connectivity index (χ4v) is 4.91. The molecule has 2 aromatic carbocycles. The minimum absolute atomic E-state index is 0.205. The number of nitrogens with one attached hydrogen (secondary N) is 1. The lowest BCUT2D eigenvalue weighted by atomic mass is 10.2. The highest BCUT2D eigenvalue weighted by Gasteiger charge is 2.21. The Morgan fingerprint density at radius 2 is 1.74 bits per heavy atom. The van der Waals surface area contributed by atoms with Gasteiger partial charge in [-0.15, -0.1) is 0 Å². The Morgan fingerprint density at radius 1 is 1.06 bits per heavy atom. The van der Waals surface area contributed by atoms with Gasteiger partial charge in [-0.05, 0) is 49.6 Å². The highest BCUT2D eigenvalue weighted by atomic mass is 32.2. The number of benzene rings is 2. The molecule has 0 radical (unpaired) electrons. The van der Waals surface area contributed by atoms with E-state index in [1.165, 1.54) is 16.3 Å². The van der Waals surface area contributed by atoms with Crippen LogP contribution in [0.3, 0.4) is 0 Å². The average Bonchev–Trinajstić information content (AvgIpc) is 2.69. The second-order valence-corrected chi connectivity index (χ2v) is 11.4. The van der Waals surface area contributed by atoms with Crippen molar-refractivity contribution < 1.29 is 25.8 Å². The molecule has 0 spiro atoms. The summed E-state index contributed by atoms with van der Waals surface area (Å²) in [5.41, 5.74) is 2.76. The van der Waals surface area contributed by atoms with Crippen molar-refractivity contribution in [1.82, 2.24) is 4.72 Å². The number of carbonyl (C=O) groups is 1. The summed E-state index contributed by atoms with van der Waals surface area (Å²) < 4.78 is 54.4. The molecule has 2 aromatic rings. The summed E-state index contributed by atoms with van der Waals surface area (Å²) in [5.74, 6) is -0.796. The van der Waals surface area contributed by atoms with E-state index in [9.17, 15) is 21.6 Å². The predicted molar refractivity (Wildman–Crippen MR) is 123 cm³/mol. The molecule has 0 aromatic heterocycles. The third-order valence-electron chi connectivity index (χ3n) is 4.04. The van der Waals surface area contributed by atoms with Crippen molar-refractivity contribution in [2.45, 2.75) is 25.2 Å². The molecule has 31 heavy (non-hydrogen) atoms. The number of hydrogen-bond donors (Lipinski definition) is 1. The van der Waals surface area contributed by atoms with Gasteiger partial charge in [0.1, 0.15) is 0 Å². The van der Waals surface area contributed by atoms with Crippen molar-refractivity contribution >= 4 is 43.7 Å². The monoisotopic (exact) mass is 486 g/mol. The lowest BCUT2D eigenvalue weighted by molar-refractivity contribution is -0.117. The van der Waals surface area contributed by atoms with Gasteiger partial charge in [0.05, 0.1) is 24.3 Å². The van der Waals surface area contributed by atoms with Crippen LogP contribution in [0.25, 0.3) is 0 Å². The molecule has 1 amide bonds. The van der Waals surface area contributed by atoms with Gasteiger partial charge in [0, 0.05) is 17.9 Å². The van der Waals surface area contributed by atoms with Gasteiger partial charge in [-0.1, -0.05) is 35.9 Å². The van der Waals surface area contributed by atoms with Crippen molar-refractivity contribution in [2.75, 3.05) is 29.5 Å². The molecule has 0 saturated carbocycles. The van der Waals surface area contributed by atoms with Crippen molar-refractivity contribution in [3.63, 3.8) is 0 Å². The molecule has 0 aliphatic heterocycles. The molecule has 1 N–H and O–H groups in total. The van der Waals surface area contributed by atoms with Gasteiger partial charge in [-0.3, -0.25) is 8.98 Å². The first-order valence-electron chi connectivity index (χ1n) is 9.42. The third kappa shape index (κ3) is 8.99. The molecule has 0 saturated heterocycles. The summed E-state index contributed by atoms with van der Waals surface area (Å²) >= 11 is 1.24. The number of rotatable bonds is 11. The van der Waals surface area contributed by atoms with E-state index in [4.69, 9.17) is 0 Å². The molecule has 0 bridgehead atoms. The van der Waals surface area contributed by atoms with E-state index in [2.05, 4.69) is 8.91 Å². The van der Waals surface area contributed by atoms with Gasteiger partial charge >= 0.3 is 0 Å². The van der Waals surface area contributed by atoms with Crippen molar-refractivity contribution in [2.24, 2.45) is 0 Å². The highest BCUT2D eigenvalue weighted by molar-refractivity contribution is 8.01. The number of carbonyl (C=O) groups excluding carboxylic acids is 1. The highest BCUT2D eigenvalue weighted by Crippen LogP contribution is 2.32. The Morgan fingerprint density at radius 3 is 2.35 bits per heavy atom. The van der Waals surface area contributed by atoms with E-state index in [1.54, 1.807) is 24.3 Å². The van der Waals surface area contributed by atoms with Gasteiger partial charge in [-0.25, -0.2) is 17.4 Å². The van der Waals surface area contributed by atoms with Gasteiger partial charge in [0.25, 0.3) is 10.1 Å². The zero-order chi connectivity index (χ0) is 23.1. The zero-order valence-electron chi connectivity index (χ0n) is 17.6. The smallest absolute Gasteiger partial charge is 0.264 e. The topological polar surface area (TPSA) is 110 Å². The molecular formula is C20H26N2O6S3. The van der Waals surface area contributed by atoms with E-state index < -0.39 is 25.9 Å². The standard InChI is InChI=1S/C20H26N2O6S3/c1-16-9-10-19(17(2)15-16)29-22(18-7-5-4-6-8-18)20(23)11-14-31(26,27)21-12-13-28-30(3,24)25/h4-10,15,21H,11-14H2,1-3H3. The van der Waals surface area contributed by atoms with Crippen molar-refractivity contribution in [1.29, 1.82) is 0 Å². The lowest BCUT2D eigenvalue weighted by Crippen LogP contribution is -2.33. The molecule has 11 heteroatoms. The molecule has 0 atom stereocenters. The summed E-state index contributed by atoms with van der Waals surface area (Å²) in [5, 5.41) is 0. The molecule has 0 aliphatic carbocycles. The number of para-hydroxylation sites is 1. The summed E-state index contributed by atoms with van der Waals surface area (Å²) in [6.07, 6.45) is 0.640. The lowest BCUT2D eigenvalue weighted by Gasteiger charge is -2.22. The molecule has 8 nitrogen and oxygen atoms in total. The van der Waals surface area contributed by atoms with E-state index >= 15 is 0 Å². The van der Waals surface area contributed by atoms with Crippen LogP contribution in [0.2, 0.25) is 0 Å². The number of sulfonamides is 1. The Balaban J connectivity index is 2.06. The van der Waals surface area contributed by atoms with Crippen LogP contribution in [0.15, 0.2) is 53.4 Å². The molecule has 170 valence electrons. The number of anilines is 1. The van der Waals surface area contributed by atoms with Crippen LogP contribution in [-0.4, -0.2) is 47.9 Å². The molecule has 0 unspecified atom stereocenters. The SMILES string of the molecule is Cc1ccc(SN(C(=O)CCS(=O)(=O)NCCOS(C)(=O)=O)c2ccccc2)c(C)c1. The average molecular weight is 487 g/mol. The van der Waals surface area contributed by atoms with Crippen LogP contribution >= 0.6 is 11.9 Å². The number of aryl methyl sites for hydroxylation is 2. The summed E-state index contributed by atoms with van der Waals surface area (Å²) in [4.78, 5) is 13.8. The Labute approximate surface area is 188 Å². The normalized spacial score (nSPS) is 12.0. The van der Waals surface area contributed by atoms with Crippen LogP contribution < -0.4 is 9.03 Å². The van der Waals surface area contributed by atoms with Crippen LogP contribution in [0, 0.1) is 13.8 Å². The van der Waals surface area contributed by atoms with Gasteiger partial charge in [0.2, 0.25) is 15.9 Å². The van der Waals surface area contributed by atoms with Crippen LogP contribution in [0.1, 0.15) is 17.5 Å². The second kappa shape index (κ2) is 11.1. The Hall–Kier alpha value is -1.92. The first-order valence-corrected chi connectivity index (χ1v) is 13.7. The first kappa shape index (κ1) is 25.3. The number of amides is 1. The Kier molecular flexibility index (Phi) is 9.07. The predicted octanol–water partition coefficient (Wildman–Crippen LogP) is 2.63. The van der Waals surface area contributed by atoms with Crippen molar-refractivity contribution in [3.8, 4) is 0 Å². The molecular weight excluding hydrogens is 460 g/mol. The molecule has 0 aliphatic rings. The molecule has 0 heterocycles. The van der Waals surface area contributed by atoms with E-state index in [0.717, 1.165) is 22.3 Å². The van der Waals surface area contributed by atoms with Gasteiger partial charge in [0.15, 0.2) is 0 Å². The van der Waals surface area contributed by atoms with E-state index in [1.807, 2.05) is 38.1 Å². The molecule has 2 rings (SSSR count). The first-order chi connectivity index (χ1) is 14.5. The van der Waals surface area contributed by atoms with E-state index in [-0.39, 0.29) is 25.5 Å². The number of nitrogens with zero attached hydrogens (tertiary/aromatic N) is 1. The fraction of sp³-hybridized carbons (Fsp3) is 0.350. The van der Waals surface area contributed by atoms with Crippen molar-refractivity contribution in [3.05, 3.63) is 59.7 Å². The maximum atomic E-state index is 12.9. The largest absolute Gasteiger partial charge is 0.274 e. The number of hydrogen-bond acceptors (Lipinski definition) is 7. The van der Waals surface area contributed by atoms with Gasteiger partial charge < -0.3 is 0 Å². The maximum absolute atomic E-state index is 12.9. The quantitative estimate of drug-likeness (QED) is 0.295.